The molecule has 0 spiro atoms. The number of rotatable bonds is 4. The number of aliphatic carboxylic acids is 1. The molecule has 0 radical (unpaired) electrons. The van der Waals surface area contributed by atoms with E-state index in [0.29, 0.717) is 32.5 Å². The minimum absolute atomic E-state index is 0.0107. The molecule has 1 fully saturated rings. The maximum atomic E-state index is 12.1. The van der Waals surface area contributed by atoms with E-state index in [1.54, 1.807) is 11.2 Å². The van der Waals surface area contributed by atoms with Crippen molar-refractivity contribution in [1.82, 2.24) is 14.5 Å². The van der Waals surface area contributed by atoms with Gasteiger partial charge < -0.3 is 14.6 Å². The minimum atomic E-state index is -0.814. The average molecular weight is 287 g/mol. The third-order valence-corrected chi connectivity index (χ3v) is 3.98. The number of aryl methyl sites for hydroxylation is 1. The molecule has 1 saturated heterocycles. The summed E-state index contributed by atoms with van der Waals surface area (Å²) in [4.78, 5) is 29.0. The van der Waals surface area contributed by atoms with Gasteiger partial charge in [-0.15, -0.1) is 0 Å². The fourth-order valence-electron chi connectivity index (χ4n) is 2.75. The first-order valence-electron chi connectivity index (χ1n) is 7.05. The molecule has 3 rings (SSSR count). The van der Waals surface area contributed by atoms with Crippen LogP contribution in [0.3, 0.4) is 0 Å². The highest BCUT2D eigenvalue weighted by Gasteiger charge is 2.30. The van der Waals surface area contributed by atoms with Gasteiger partial charge in [-0.3, -0.25) is 9.59 Å². The van der Waals surface area contributed by atoms with Crippen molar-refractivity contribution in [2.24, 2.45) is 5.92 Å². The normalized spacial score (nSPS) is 18.3. The van der Waals surface area contributed by atoms with E-state index in [9.17, 15) is 9.59 Å². The van der Waals surface area contributed by atoms with Crippen LogP contribution in [-0.4, -0.2) is 44.5 Å². The minimum Gasteiger partial charge on any atom is -0.481 e. The first-order chi connectivity index (χ1) is 10.1. The van der Waals surface area contributed by atoms with E-state index in [4.69, 9.17) is 5.11 Å². The second-order valence-electron chi connectivity index (χ2n) is 5.34. The van der Waals surface area contributed by atoms with Crippen LogP contribution in [0.15, 0.2) is 30.6 Å². The zero-order valence-electron chi connectivity index (χ0n) is 11.6. The van der Waals surface area contributed by atoms with E-state index >= 15 is 0 Å². The lowest BCUT2D eigenvalue weighted by Crippen LogP contribution is -2.30. The number of hydrogen-bond donors (Lipinski definition) is 1. The molecule has 1 aromatic heterocycles. The van der Waals surface area contributed by atoms with Crippen molar-refractivity contribution >= 4 is 22.9 Å². The molecule has 1 aromatic carbocycles. The van der Waals surface area contributed by atoms with Crippen LogP contribution in [0.1, 0.15) is 12.8 Å². The van der Waals surface area contributed by atoms with Gasteiger partial charge in [-0.1, -0.05) is 12.1 Å². The monoisotopic (exact) mass is 287 g/mol. The quantitative estimate of drug-likeness (QED) is 0.921. The summed E-state index contributed by atoms with van der Waals surface area (Å²) in [6, 6.07) is 7.79. The fraction of sp³-hybridized carbons (Fsp3) is 0.400. The van der Waals surface area contributed by atoms with Crippen molar-refractivity contribution in [2.75, 3.05) is 13.1 Å². The maximum Gasteiger partial charge on any atom is 0.308 e. The van der Waals surface area contributed by atoms with Crippen molar-refractivity contribution < 1.29 is 14.7 Å². The Morgan fingerprint density at radius 1 is 1.33 bits per heavy atom. The van der Waals surface area contributed by atoms with Crippen molar-refractivity contribution in [3.8, 4) is 0 Å². The Hall–Kier alpha value is -2.37. The Bertz CT molecular complexity index is 680. The molecule has 2 heterocycles. The molecular formula is C15H17N3O3. The van der Waals surface area contributed by atoms with Gasteiger partial charge >= 0.3 is 5.97 Å². The Kier molecular flexibility index (Phi) is 3.60. The van der Waals surface area contributed by atoms with Gasteiger partial charge in [0.1, 0.15) is 0 Å². The maximum absolute atomic E-state index is 12.1. The van der Waals surface area contributed by atoms with Crippen molar-refractivity contribution in [3.63, 3.8) is 0 Å². The van der Waals surface area contributed by atoms with Crippen molar-refractivity contribution in [2.45, 2.75) is 19.4 Å². The van der Waals surface area contributed by atoms with Crippen molar-refractivity contribution in [3.05, 3.63) is 30.6 Å². The number of imidazole rings is 1. The number of nitrogens with zero attached hydrogens (tertiary/aromatic N) is 3. The lowest BCUT2D eigenvalue weighted by molar-refractivity contribution is -0.141. The Morgan fingerprint density at radius 3 is 2.90 bits per heavy atom. The second kappa shape index (κ2) is 5.55. The number of carbonyl (C=O) groups is 2. The highest BCUT2D eigenvalue weighted by molar-refractivity contribution is 5.79. The van der Waals surface area contributed by atoms with Crippen LogP contribution >= 0.6 is 0 Å². The molecule has 1 atom stereocenters. The molecule has 6 heteroatoms. The van der Waals surface area contributed by atoms with Gasteiger partial charge in [-0.2, -0.15) is 0 Å². The van der Waals surface area contributed by atoms with E-state index in [-0.39, 0.29) is 5.91 Å². The molecule has 110 valence electrons. The summed E-state index contributed by atoms with van der Waals surface area (Å²) in [5.41, 5.74) is 1.92. The summed E-state index contributed by atoms with van der Waals surface area (Å²) in [6.45, 7) is 1.44. The molecule has 1 aliphatic rings. The third-order valence-electron chi connectivity index (χ3n) is 3.98. The second-order valence-corrected chi connectivity index (χ2v) is 5.34. The third kappa shape index (κ3) is 2.74. The first-order valence-corrected chi connectivity index (χ1v) is 7.05. The summed E-state index contributed by atoms with van der Waals surface area (Å²) in [5, 5.41) is 8.96. The van der Waals surface area contributed by atoms with Crippen LogP contribution < -0.4 is 0 Å². The number of para-hydroxylation sites is 2. The van der Waals surface area contributed by atoms with Gasteiger partial charge in [0, 0.05) is 26.1 Å². The van der Waals surface area contributed by atoms with Crippen LogP contribution in [0.5, 0.6) is 0 Å². The molecule has 0 bridgehead atoms. The van der Waals surface area contributed by atoms with Crippen LogP contribution in [0.2, 0.25) is 0 Å². The molecule has 2 aromatic rings. The summed E-state index contributed by atoms with van der Waals surface area (Å²) in [7, 11) is 0. The Labute approximate surface area is 122 Å². The molecule has 21 heavy (non-hydrogen) atoms. The van der Waals surface area contributed by atoms with Crippen LogP contribution in [0.4, 0.5) is 0 Å². The number of hydrogen-bond acceptors (Lipinski definition) is 3. The number of aromatic nitrogens is 2. The number of amides is 1. The van der Waals surface area contributed by atoms with Gasteiger partial charge in [-0.05, 0) is 18.6 Å². The fourth-order valence-corrected chi connectivity index (χ4v) is 2.75. The Morgan fingerprint density at radius 2 is 2.14 bits per heavy atom. The van der Waals surface area contributed by atoms with E-state index in [2.05, 4.69) is 4.98 Å². The molecule has 0 aliphatic carbocycles. The highest BCUT2D eigenvalue weighted by Crippen LogP contribution is 2.18. The topological polar surface area (TPSA) is 75.4 Å². The van der Waals surface area contributed by atoms with Gasteiger partial charge in [0.15, 0.2) is 0 Å². The lowest BCUT2D eigenvalue weighted by Gasteiger charge is -2.16. The van der Waals surface area contributed by atoms with E-state index in [1.807, 2.05) is 28.8 Å². The average Bonchev–Trinajstić information content (AvgIpc) is 3.12. The summed E-state index contributed by atoms with van der Waals surface area (Å²) >= 11 is 0. The number of carbonyl (C=O) groups excluding carboxylic acids is 1. The van der Waals surface area contributed by atoms with E-state index in [0.717, 1.165) is 11.0 Å². The van der Waals surface area contributed by atoms with Crippen molar-refractivity contribution in [1.29, 1.82) is 0 Å². The molecule has 0 saturated carbocycles. The van der Waals surface area contributed by atoms with E-state index in [1.165, 1.54) is 0 Å². The largest absolute Gasteiger partial charge is 0.481 e. The van der Waals surface area contributed by atoms with Gasteiger partial charge in [0.05, 0.1) is 23.3 Å². The molecule has 0 unspecified atom stereocenters. The number of carboxylic acid groups (broad SMARTS) is 1. The number of fused-ring (bicyclic) bond motifs is 1. The molecule has 1 N–H and O–H groups in total. The molecule has 6 nitrogen and oxygen atoms in total. The molecular weight excluding hydrogens is 270 g/mol. The van der Waals surface area contributed by atoms with Crippen LogP contribution in [0.25, 0.3) is 11.0 Å². The van der Waals surface area contributed by atoms with Gasteiger partial charge in [0.2, 0.25) is 5.91 Å². The zero-order valence-corrected chi connectivity index (χ0v) is 11.6. The predicted octanol–water partition coefficient (Wildman–Crippen LogP) is 1.36. The number of benzene rings is 1. The standard InChI is InChI=1S/C15H17N3O3/c19-14(17-7-5-11(9-17)15(20)21)6-8-18-10-16-12-3-1-2-4-13(12)18/h1-4,10-11H,5-9H2,(H,20,21)/t11-/m0/s1. The summed E-state index contributed by atoms with van der Waals surface area (Å²) in [6.07, 6.45) is 2.66. The zero-order chi connectivity index (χ0) is 14.8. The van der Waals surface area contributed by atoms with Crippen LogP contribution in [-0.2, 0) is 16.1 Å². The smallest absolute Gasteiger partial charge is 0.308 e. The summed E-state index contributed by atoms with van der Waals surface area (Å²) < 4.78 is 1.96. The number of carboxylic acids is 1. The predicted molar refractivity (Wildman–Crippen MR) is 76.7 cm³/mol. The number of likely N-dealkylation sites (tertiary alicyclic amines) is 1. The SMILES string of the molecule is O=C(O)[C@H]1CCN(C(=O)CCn2cnc3ccccc32)C1. The highest BCUT2D eigenvalue weighted by atomic mass is 16.4. The van der Waals surface area contributed by atoms with Gasteiger partial charge in [-0.25, -0.2) is 4.98 Å². The summed E-state index contributed by atoms with van der Waals surface area (Å²) in [5.74, 6) is -1.22. The molecule has 1 amide bonds. The van der Waals surface area contributed by atoms with E-state index < -0.39 is 11.9 Å². The van der Waals surface area contributed by atoms with Crippen LogP contribution in [0, 0.1) is 5.92 Å². The first kappa shape index (κ1) is 13.6. The molecule has 1 aliphatic heterocycles. The van der Waals surface area contributed by atoms with Gasteiger partial charge in [0.25, 0.3) is 0 Å². The lowest BCUT2D eigenvalue weighted by atomic mass is 10.1. The Balaban J connectivity index is 1.60.